The first-order valence-electron chi connectivity index (χ1n) is 14.7. The third-order valence-electron chi connectivity index (χ3n) is 7.13. The van der Waals surface area contributed by atoms with E-state index in [1.807, 2.05) is 0 Å². The van der Waals surface area contributed by atoms with E-state index < -0.39 is 6.61 Å². The van der Waals surface area contributed by atoms with E-state index in [0.717, 1.165) is 11.1 Å². The van der Waals surface area contributed by atoms with E-state index in [2.05, 4.69) is 0 Å². The first kappa shape index (κ1) is 37.4. The van der Waals surface area contributed by atoms with Crippen molar-refractivity contribution in [2.24, 2.45) is 0 Å². The highest BCUT2D eigenvalue weighted by Gasteiger charge is 2.13. The number of hydrogen-bond acceptors (Lipinski definition) is 11. The molecule has 0 spiro atoms. The van der Waals surface area contributed by atoms with Gasteiger partial charge in [-0.05, 0) is 95.9 Å². The molecular weight excluding hydrogens is 632 g/mol. The highest BCUT2D eigenvalue weighted by atomic mass is 16.5. The van der Waals surface area contributed by atoms with Crippen molar-refractivity contribution < 1.29 is 54.4 Å². The Balaban J connectivity index is 0.000000266. The number of carbonyl (C=O) groups is 2. The van der Waals surface area contributed by atoms with Gasteiger partial charge in [0.2, 0.25) is 0 Å². The van der Waals surface area contributed by atoms with Crippen LogP contribution in [0.2, 0.25) is 0 Å². The summed E-state index contributed by atoms with van der Waals surface area (Å²) in [6, 6.07) is 15.7. The lowest BCUT2D eigenvalue weighted by molar-refractivity contribution is -0.110. The molecule has 0 aliphatic rings. The molecule has 0 heterocycles. The SMILES string of the molecule is COc1cc(/C=C/C(=O)/C=C/c2ccc(O)c(C)c2)cc(CO)c1O.COc1cc(/C=C/C(=O)c2cc(CO)c(O)c(OC)c2)ccc1O. The summed E-state index contributed by atoms with van der Waals surface area (Å²) in [6.07, 6.45) is 8.97. The van der Waals surface area contributed by atoms with Crippen molar-refractivity contribution in [2.75, 3.05) is 21.3 Å². The van der Waals surface area contributed by atoms with Gasteiger partial charge in [-0.3, -0.25) is 9.59 Å². The molecule has 0 atom stereocenters. The van der Waals surface area contributed by atoms with Gasteiger partial charge in [0.05, 0.1) is 34.5 Å². The molecule has 0 saturated heterocycles. The minimum atomic E-state index is -0.414. The van der Waals surface area contributed by atoms with Crippen LogP contribution in [0.25, 0.3) is 18.2 Å². The molecule has 11 nitrogen and oxygen atoms in total. The molecule has 0 aliphatic heterocycles. The smallest absolute Gasteiger partial charge is 0.186 e. The maximum Gasteiger partial charge on any atom is 0.186 e. The number of hydrogen-bond donors (Lipinski definition) is 6. The quantitative estimate of drug-likeness (QED) is 0.0802. The van der Waals surface area contributed by atoms with Crippen LogP contribution in [0.5, 0.6) is 40.2 Å². The van der Waals surface area contributed by atoms with Crippen molar-refractivity contribution in [2.45, 2.75) is 20.1 Å². The molecule has 0 amide bonds. The van der Waals surface area contributed by atoms with E-state index in [9.17, 15) is 40.2 Å². The van der Waals surface area contributed by atoms with Crippen molar-refractivity contribution in [1.29, 1.82) is 0 Å². The summed E-state index contributed by atoms with van der Waals surface area (Å²) >= 11 is 0. The van der Waals surface area contributed by atoms with Gasteiger partial charge in [-0.25, -0.2) is 0 Å². The average molecular weight is 671 g/mol. The Hall–Kier alpha value is -6.04. The number of aromatic hydroxyl groups is 4. The largest absolute Gasteiger partial charge is 0.508 e. The van der Waals surface area contributed by atoms with Gasteiger partial charge in [-0.2, -0.15) is 0 Å². The minimum Gasteiger partial charge on any atom is -0.508 e. The van der Waals surface area contributed by atoms with Gasteiger partial charge in [0.15, 0.2) is 46.1 Å². The number of phenols is 4. The molecule has 49 heavy (non-hydrogen) atoms. The second-order valence-electron chi connectivity index (χ2n) is 10.5. The number of ether oxygens (including phenoxy) is 3. The summed E-state index contributed by atoms with van der Waals surface area (Å²) < 4.78 is 15.1. The molecule has 4 rings (SSSR count). The molecule has 4 aromatic carbocycles. The Labute approximate surface area is 283 Å². The Bertz CT molecular complexity index is 1840. The molecule has 0 bridgehead atoms. The summed E-state index contributed by atoms with van der Waals surface area (Å²) in [5, 5.41) is 57.2. The number of ketones is 2. The summed E-state index contributed by atoms with van der Waals surface area (Å²) in [7, 11) is 4.22. The second kappa shape index (κ2) is 17.8. The van der Waals surface area contributed by atoms with E-state index in [4.69, 9.17) is 14.2 Å². The summed E-state index contributed by atoms with van der Waals surface area (Å²) in [5.41, 5.74) is 3.64. The highest BCUT2D eigenvalue weighted by Crippen LogP contribution is 2.33. The lowest BCUT2D eigenvalue weighted by Crippen LogP contribution is -1.99. The van der Waals surface area contributed by atoms with Crippen LogP contribution in [-0.4, -0.2) is 63.5 Å². The van der Waals surface area contributed by atoms with Crippen LogP contribution >= 0.6 is 0 Å². The maximum absolute atomic E-state index is 12.3. The molecule has 0 saturated carbocycles. The molecule has 256 valence electrons. The van der Waals surface area contributed by atoms with Crippen LogP contribution in [0.3, 0.4) is 0 Å². The van der Waals surface area contributed by atoms with Crippen molar-refractivity contribution in [3.05, 3.63) is 118 Å². The monoisotopic (exact) mass is 670 g/mol. The van der Waals surface area contributed by atoms with E-state index in [1.165, 1.54) is 57.8 Å². The normalized spacial score (nSPS) is 11.1. The van der Waals surface area contributed by atoms with Gasteiger partial charge < -0.3 is 44.8 Å². The van der Waals surface area contributed by atoms with Gasteiger partial charge in [-0.1, -0.05) is 30.4 Å². The fourth-order valence-electron chi connectivity index (χ4n) is 4.41. The fourth-order valence-corrected chi connectivity index (χ4v) is 4.41. The van der Waals surface area contributed by atoms with E-state index in [0.29, 0.717) is 22.4 Å². The summed E-state index contributed by atoms with van der Waals surface area (Å²) in [6.45, 7) is 1.03. The Morgan fingerprint density at radius 3 is 1.65 bits per heavy atom. The van der Waals surface area contributed by atoms with Crippen molar-refractivity contribution in [3.8, 4) is 40.2 Å². The predicted octanol–water partition coefficient (Wildman–Crippen LogP) is 5.71. The fraction of sp³-hybridized carbons (Fsp3) is 0.158. The number of aryl methyl sites for hydroxylation is 1. The van der Waals surface area contributed by atoms with Gasteiger partial charge in [0.1, 0.15) is 5.75 Å². The number of allylic oxidation sites excluding steroid dienone is 3. The average Bonchev–Trinajstić information content (AvgIpc) is 3.11. The number of rotatable bonds is 12. The number of phenolic OH excluding ortho intramolecular Hbond substituents is 2. The molecule has 0 aromatic heterocycles. The van der Waals surface area contributed by atoms with Crippen LogP contribution < -0.4 is 14.2 Å². The Kier molecular flexibility index (Phi) is 13.6. The summed E-state index contributed by atoms with van der Waals surface area (Å²) in [4.78, 5) is 24.3. The third-order valence-corrected chi connectivity index (χ3v) is 7.13. The molecule has 6 N–H and O–H groups in total. The van der Waals surface area contributed by atoms with E-state index in [-0.39, 0.29) is 63.8 Å². The van der Waals surface area contributed by atoms with E-state index >= 15 is 0 Å². The topological polar surface area (TPSA) is 183 Å². The zero-order valence-electron chi connectivity index (χ0n) is 27.4. The minimum absolute atomic E-state index is 0.0110. The van der Waals surface area contributed by atoms with Crippen LogP contribution in [0.4, 0.5) is 0 Å². The first-order chi connectivity index (χ1) is 23.4. The molecule has 4 aromatic rings. The number of aliphatic hydroxyl groups is 2. The predicted molar refractivity (Wildman–Crippen MR) is 185 cm³/mol. The number of benzene rings is 4. The van der Waals surface area contributed by atoms with Crippen molar-refractivity contribution >= 4 is 29.8 Å². The van der Waals surface area contributed by atoms with Gasteiger partial charge in [0, 0.05) is 16.7 Å². The molecule has 11 heteroatoms. The van der Waals surface area contributed by atoms with Crippen molar-refractivity contribution in [1.82, 2.24) is 0 Å². The highest BCUT2D eigenvalue weighted by molar-refractivity contribution is 6.07. The van der Waals surface area contributed by atoms with Gasteiger partial charge in [0.25, 0.3) is 0 Å². The number of carbonyl (C=O) groups excluding carboxylic acids is 2. The molecule has 0 fully saturated rings. The lowest BCUT2D eigenvalue weighted by Gasteiger charge is -2.09. The lowest BCUT2D eigenvalue weighted by atomic mass is 10.0. The Morgan fingerprint density at radius 1 is 0.592 bits per heavy atom. The number of methoxy groups -OCH3 is 3. The van der Waals surface area contributed by atoms with Crippen LogP contribution in [0.1, 0.15) is 43.7 Å². The van der Waals surface area contributed by atoms with Crippen LogP contribution in [-0.2, 0) is 18.0 Å². The zero-order chi connectivity index (χ0) is 36.1. The van der Waals surface area contributed by atoms with E-state index in [1.54, 1.807) is 67.6 Å². The number of aliphatic hydroxyl groups excluding tert-OH is 2. The maximum atomic E-state index is 12.3. The van der Waals surface area contributed by atoms with Crippen LogP contribution in [0, 0.1) is 6.92 Å². The van der Waals surface area contributed by atoms with Crippen LogP contribution in [0.15, 0.2) is 78.9 Å². The molecule has 0 radical (unpaired) electrons. The molecular formula is C38H38O11. The summed E-state index contributed by atoms with van der Waals surface area (Å²) in [5.74, 6) is 0.0243. The first-order valence-corrected chi connectivity index (χ1v) is 14.7. The van der Waals surface area contributed by atoms with Gasteiger partial charge in [-0.15, -0.1) is 0 Å². The molecule has 0 aliphatic carbocycles. The third kappa shape index (κ3) is 10.2. The van der Waals surface area contributed by atoms with Gasteiger partial charge >= 0.3 is 0 Å². The standard InChI is InChI=1S/C20H20O5.C18H18O6/c1-13-9-14(5-8-18(13)23)3-6-17(22)7-4-15-10-16(12-21)20(24)19(11-15)25-2;1-23-16-7-11(4-6-15(16)21)3-5-14(20)12-8-13(10-19)18(22)17(9-12)24-2/h3-11,21,23-24H,12H2,1-2H3;3-9,19,21-22H,10H2,1-2H3/b6-3+,7-4+;5-3+. The van der Waals surface area contributed by atoms with Crippen molar-refractivity contribution in [3.63, 3.8) is 0 Å². The second-order valence-corrected chi connectivity index (χ2v) is 10.5. The molecule has 0 unspecified atom stereocenters. The Morgan fingerprint density at radius 2 is 1.08 bits per heavy atom. The zero-order valence-corrected chi connectivity index (χ0v) is 27.4.